The highest BCUT2D eigenvalue weighted by molar-refractivity contribution is 7.92. The predicted molar refractivity (Wildman–Crippen MR) is 130 cm³/mol. The number of ether oxygens (including phenoxy) is 2. The zero-order valence-electron chi connectivity index (χ0n) is 18.5. The Hall–Kier alpha value is -4.09. The molecule has 0 atom stereocenters. The lowest BCUT2D eigenvalue weighted by Crippen LogP contribution is -2.32. The number of aromatic nitrogens is 1. The van der Waals surface area contributed by atoms with E-state index < -0.39 is 21.8 Å². The van der Waals surface area contributed by atoms with Crippen LogP contribution in [-0.4, -0.2) is 39.4 Å². The number of carbonyl (C=O) groups is 2. The number of nitrogens with zero attached hydrogens (tertiary/aromatic N) is 2. The first-order chi connectivity index (χ1) is 16.7. The van der Waals surface area contributed by atoms with Crippen molar-refractivity contribution >= 4 is 50.6 Å². The summed E-state index contributed by atoms with van der Waals surface area (Å²) in [7, 11) is -1.00. The minimum atomic E-state index is -3.88. The monoisotopic (exact) mass is 514 g/mol. The van der Waals surface area contributed by atoms with Crippen LogP contribution in [0.25, 0.3) is 0 Å². The van der Waals surface area contributed by atoms with Gasteiger partial charge in [-0.2, -0.15) is 0 Å². The maximum atomic E-state index is 13.1. The van der Waals surface area contributed by atoms with E-state index in [1.165, 1.54) is 62.9 Å². The normalized spacial score (nSPS) is 13.7. The van der Waals surface area contributed by atoms with Crippen LogP contribution in [0.1, 0.15) is 0 Å². The van der Waals surface area contributed by atoms with E-state index in [9.17, 15) is 18.0 Å². The predicted octanol–water partition coefficient (Wildman–Crippen LogP) is 3.34. The number of imide groups is 1. The van der Waals surface area contributed by atoms with Crippen molar-refractivity contribution in [2.75, 3.05) is 29.2 Å². The molecule has 2 aromatic carbocycles. The Morgan fingerprint density at radius 3 is 2.31 bits per heavy atom. The summed E-state index contributed by atoms with van der Waals surface area (Å²) in [6.45, 7) is 0. The SMILES string of the molecule is COc1ccc(N2C(=O)C(Cl)=C(Nc3ccc(S(=O)(=O)Nc4ccccn4)cc3)C2=O)c(OC)c1. The number of methoxy groups -OCH3 is 2. The van der Waals surface area contributed by atoms with Crippen LogP contribution in [0, 0.1) is 0 Å². The third-order valence-corrected chi connectivity index (χ3v) is 6.71. The molecular weight excluding hydrogens is 496 g/mol. The minimum absolute atomic E-state index is 0.0211. The van der Waals surface area contributed by atoms with Gasteiger partial charge in [-0.1, -0.05) is 17.7 Å². The number of amides is 2. The van der Waals surface area contributed by atoms with Gasteiger partial charge in [-0.05, 0) is 48.5 Å². The molecule has 1 aliphatic rings. The molecule has 0 fully saturated rings. The summed E-state index contributed by atoms with van der Waals surface area (Å²) in [5, 5.41) is 2.48. The molecule has 180 valence electrons. The molecule has 2 heterocycles. The molecule has 10 nitrogen and oxygen atoms in total. The van der Waals surface area contributed by atoms with E-state index in [0.29, 0.717) is 11.4 Å². The van der Waals surface area contributed by atoms with Gasteiger partial charge in [-0.15, -0.1) is 0 Å². The van der Waals surface area contributed by atoms with Gasteiger partial charge in [0, 0.05) is 18.0 Å². The molecule has 0 spiro atoms. The average molecular weight is 515 g/mol. The Bertz CT molecular complexity index is 1430. The summed E-state index contributed by atoms with van der Waals surface area (Å²) < 4.78 is 38.0. The van der Waals surface area contributed by atoms with Crippen LogP contribution in [0.15, 0.2) is 82.5 Å². The maximum Gasteiger partial charge on any atom is 0.283 e. The first-order valence-electron chi connectivity index (χ1n) is 10.1. The van der Waals surface area contributed by atoms with Crippen molar-refractivity contribution in [2.45, 2.75) is 4.90 Å². The second kappa shape index (κ2) is 9.65. The third kappa shape index (κ3) is 4.77. The molecule has 1 aromatic heterocycles. The number of carbonyl (C=O) groups excluding carboxylic acids is 2. The number of benzene rings is 2. The Morgan fingerprint density at radius 1 is 0.943 bits per heavy atom. The van der Waals surface area contributed by atoms with Crippen LogP contribution in [0.2, 0.25) is 0 Å². The summed E-state index contributed by atoms with van der Waals surface area (Å²) in [6.07, 6.45) is 1.47. The van der Waals surface area contributed by atoms with Crippen molar-refractivity contribution in [1.82, 2.24) is 4.98 Å². The van der Waals surface area contributed by atoms with Gasteiger partial charge < -0.3 is 14.8 Å². The van der Waals surface area contributed by atoms with E-state index in [4.69, 9.17) is 21.1 Å². The van der Waals surface area contributed by atoms with Crippen LogP contribution < -0.4 is 24.4 Å². The molecule has 0 aliphatic carbocycles. The molecule has 3 aromatic rings. The Balaban J connectivity index is 1.55. The molecule has 0 radical (unpaired) electrons. The van der Waals surface area contributed by atoms with Crippen molar-refractivity contribution in [3.63, 3.8) is 0 Å². The standard InChI is InChI=1S/C23H19ClN4O6S/c1-33-15-8-11-17(18(13-15)34-2)28-22(29)20(24)21(23(28)30)26-14-6-9-16(10-7-14)35(31,32)27-19-5-3-4-12-25-19/h3-13,26H,1-2H3,(H,25,27). The fourth-order valence-electron chi connectivity index (χ4n) is 3.28. The molecule has 35 heavy (non-hydrogen) atoms. The number of sulfonamides is 1. The largest absolute Gasteiger partial charge is 0.497 e. The van der Waals surface area contributed by atoms with Gasteiger partial charge in [0.25, 0.3) is 21.8 Å². The van der Waals surface area contributed by atoms with Crippen LogP contribution in [0.3, 0.4) is 0 Å². The summed E-state index contributed by atoms with van der Waals surface area (Å²) in [5.41, 5.74) is 0.386. The van der Waals surface area contributed by atoms with Gasteiger partial charge in [0.2, 0.25) is 0 Å². The van der Waals surface area contributed by atoms with E-state index in [0.717, 1.165) is 4.90 Å². The molecule has 1 aliphatic heterocycles. The first kappa shape index (κ1) is 24.0. The lowest BCUT2D eigenvalue weighted by molar-refractivity contribution is -0.120. The number of nitrogens with one attached hydrogen (secondary N) is 2. The smallest absolute Gasteiger partial charge is 0.283 e. The third-order valence-electron chi connectivity index (χ3n) is 4.99. The molecule has 0 bridgehead atoms. The van der Waals surface area contributed by atoms with Gasteiger partial charge >= 0.3 is 0 Å². The van der Waals surface area contributed by atoms with Crippen LogP contribution >= 0.6 is 11.6 Å². The molecular formula is C23H19ClN4O6S. The van der Waals surface area contributed by atoms with Crippen molar-refractivity contribution in [3.8, 4) is 11.5 Å². The summed E-state index contributed by atoms with van der Waals surface area (Å²) >= 11 is 6.19. The fourth-order valence-corrected chi connectivity index (χ4v) is 4.50. The molecule has 2 amide bonds. The van der Waals surface area contributed by atoms with E-state index in [2.05, 4.69) is 15.0 Å². The van der Waals surface area contributed by atoms with Crippen molar-refractivity contribution < 1.29 is 27.5 Å². The highest BCUT2D eigenvalue weighted by atomic mass is 35.5. The van der Waals surface area contributed by atoms with Gasteiger partial charge in [-0.25, -0.2) is 18.3 Å². The van der Waals surface area contributed by atoms with Crippen molar-refractivity contribution in [2.24, 2.45) is 0 Å². The number of hydrogen-bond acceptors (Lipinski definition) is 8. The number of rotatable bonds is 8. The quantitative estimate of drug-likeness (QED) is 0.438. The topological polar surface area (TPSA) is 127 Å². The molecule has 12 heteroatoms. The Kier molecular flexibility index (Phi) is 6.63. The average Bonchev–Trinajstić information content (AvgIpc) is 3.07. The Morgan fingerprint density at radius 2 is 1.69 bits per heavy atom. The highest BCUT2D eigenvalue weighted by Crippen LogP contribution is 2.37. The second-order valence-electron chi connectivity index (χ2n) is 7.14. The number of halogens is 1. The summed E-state index contributed by atoms with van der Waals surface area (Å²) in [6, 6.07) is 15.0. The lowest BCUT2D eigenvalue weighted by Gasteiger charge is -2.18. The number of pyridine rings is 1. The zero-order chi connectivity index (χ0) is 25.2. The minimum Gasteiger partial charge on any atom is -0.497 e. The summed E-state index contributed by atoms with van der Waals surface area (Å²) in [4.78, 5) is 30.7. The van der Waals surface area contributed by atoms with Gasteiger partial charge in [0.05, 0.1) is 24.8 Å². The van der Waals surface area contributed by atoms with Crippen LogP contribution in [-0.2, 0) is 19.6 Å². The fraction of sp³-hybridized carbons (Fsp3) is 0.0870. The highest BCUT2D eigenvalue weighted by Gasteiger charge is 2.40. The summed E-state index contributed by atoms with van der Waals surface area (Å²) in [5.74, 6) is -0.532. The Labute approximate surface area is 206 Å². The molecule has 2 N–H and O–H groups in total. The maximum absolute atomic E-state index is 13.1. The van der Waals surface area contributed by atoms with Gasteiger partial charge in [0.1, 0.15) is 28.0 Å². The van der Waals surface area contributed by atoms with Gasteiger partial charge in [-0.3, -0.25) is 14.3 Å². The van der Waals surface area contributed by atoms with Crippen molar-refractivity contribution in [1.29, 1.82) is 0 Å². The van der Waals surface area contributed by atoms with Gasteiger partial charge in [0.15, 0.2) is 0 Å². The first-order valence-corrected chi connectivity index (χ1v) is 11.9. The zero-order valence-corrected chi connectivity index (χ0v) is 20.1. The van der Waals surface area contributed by atoms with E-state index in [1.807, 2.05) is 0 Å². The van der Waals surface area contributed by atoms with E-state index in [-0.39, 0.29) is 32.9 Å². The number of anilines is 3. The lowest BCUT2D eigenvalue weighted by atomic mass is 10.2. The molecule has 4 rings (SSSR count). The molecule has 0 saturated heterocycles. The van der Waals surface area contributed by atoms with Crippen LogP contribution in [0.4, 0.5) is 17.2 Å². The molecule has 0 saturated carbocycles. The van der Waals surface area contributed by atoms with E-state index >= 15 is 0 Å². The second-order valence-corrected chi connectivity index (χ2v) is 9.20. The van der Waals surface area contributed by atoms with Crippen LogP contribution in [0.5, 0.6) is 11.5 Å². The number of hydrogen-bond donors (Lipinski definition) is 2. The van der Waals surface area contributed by atoms with Crippen molar-refractivity contribution in [3.05, 3.63) is 77.6 Å². The van der Waals surface area contributed by atoms with E-state index in [1.54, 1.807) is 18.2 Å². The molecule has 0 unspecified atom stereocenters.